The van der Waals surface area contributed by atoms with Crippen molar-refractivity contribution in [3.05, 3.63) is 47.6 Å². The molecule has 0 aromatic heterocycles. The molecule has 1 aromatic carbocycles. The molecule has 2 rings (SSSR count). The van der Waals surface area contributed by atoms with Crippen LogP contribution in [0.4, 0.5) is 0 Å². The number of methoxy groups -OCH3 is 2. The molecule has 1 unspecified atom stereocenters. The third-order valence-corrected chi connectivity index (χ3v) is 4.15. The topological polar surface area (TPSA) is 80.3 Å². The Kier molecular flexibility index (Phi) is 9.40. The summed E-state index contributed by atoms with van der Waals surface area (Å²) in [6, 6.07) is 3.20. The van der Waals surface area contributed by atoms with Crippen LogP contribution in [0, 0.1) is 0 Å². The molecule has 1 aliphatic rings. The van der Waals surface area contributed by atoms with Gasteiger partial charge in [0.05, 0.1) is 0 Å². The van der Waals surface area contributed by atoms with Gasteiger partial charge >= 0.3 is 5.97 Å². The van der Waals surface area contributed by atoms with Crippen LogP contribution >= 0.6 is 0 Å². The Labute approximate surface area is 171 Å². The molecule has 1 heterocycles. The Morgan fingerprint density at radius 3 is 2.48 bits per heavy atom. The van der Waals surface area contributed by atoms with Crippen molar-refractivity contribution in [1.82, 2.24) is 0 Å². The van der Waals surface area contributed by atoms with Gasteiger partial charge in [-0.1, -0.05) is 18.2 Å². The molecule has 0 bridgehead atoms. The molecule has 1 aromatic rings. The number of ketones is 1. The fourth-order valence-electron chi connectivity index (χ4n) is 2.81. The summed E-state index contributed by atoms with van der Waals surface area (Å²) in [6.07, 6.45) is 9.26. The third-order valence-electron chi connectivity index (χ3n) is 4.15. The lowest BCUT2D eigenvalue weighted by molar-refractivity contribution is -0.114. The lowest BCUT2D eigenvalue weighted by Gasteiger charge is -2.18. The molecule has 29 heavy (non-hydrogen) atoms. The number of ether oxygens (including phenoxy) is 5. The van der Waals surface area contributed by atoms with Crippen LogP contribution in [-0.4, -0.2) is 45.7 Å². The van der Waals surface area contributed by atoms with Crippen LogP contribution in [0.25, 0.3) is 0 Å². The number of carbonyl (C=O) groups is 2. The number of hydrogen-bond acceptors (Lipinski definition) is 7. The molecular weight excluding hydrogens is 376 g/mol. The molecule has 1 atom stereocenters. The Hall–Kier alpha value is -2.64. The van der Waals surface area contributed by atoms with Crippen LogP contribution in [-0.2, 0) is 25.4 Å². The highest BCUT2D eigenvalue weighted by atomic mass is 16.7. The first-order valence-corrected chi connectivity index (χ1v) is 9.51. The smallest absolute Gasteiger partial charge is 0.342 e. The minimum Gasteiger partial charge on any atom is -0.467 e. The van der Waals surface area contributed by atoms with Crippen molar-refractivity contribution in [2.45, 2.75) is 38.7 Å². The fourth-order valence-corrected chi connectivity index (χ4v) is 2.81. The molecule has 7 heteroatoms. The van der Waals surface area contributed by atoms with Crippen LogP contribution in [0.3, 0.4) is 0 Å². The van der Waals surface area contributed by atoms with E-state index in [0.29, 0.717) is 17.7 Å². The van der Waals surface area contributed by atoms with Crippen molar-refractivity contribution in [1.29, 1.82) is 0 Å². The number of carbonyl (C=O) groups excluding carboxylic acids is 2. The summed E-state index contributed by atoms with van der Waals surface area (Å²) >= 11 is 0. The first-order chi connectivity index (χ1) is 14.0. The van der Waals surface area contributed by atoms with Crippen molar-refractivity contribution in [3.8, 4) is 11.5 Å². The van der Waals surface area contributed by atoms with Crippen LogP contribution < -0.4 is 9.47 Å². The number of hydrogen-bond donors (Lipinski definition) is 0. The summed E-state index contributed by atoms with van der Waals surface area (Å²) in [5.41, 5.74) is 0.658. The first-order valence-electron chi connectivity index (χ1n) is 9.51. The third kappa shape index (κ3) is 7.36. The molecule has 0 aliphatic carbocycles. The van der Waals surface area contributed by atoms with E-state index in [-0.39, 0.29) is 43.2 Å². The van der Waals surface area contributed by atoms with E-state index in [1.54, 1.807) is 12.1 Å². The van der Waals surface area contributed by atoms with Crippen molar-refractivity contribution >= 4 is 11.8 Å². The number of allylic oxidation sites excluding steroid dienone is 3. The number of esters is 1. The van der Waals surface area contributed by atoms with Gasteiger partial charge in [-0.15, -0.1) is 0 Å². The van der Waals surface area contributed by atoms with E-state index in [2.05, 4.69) is 0 Å². The minimum atomic E-state index is -0.556. The second-order valence-electron chi connectivity index (χ2n) is 6.60. The van der Waals surface area contributed by atoms with Gasteiger partial charge in [0.25, 0.3) is 0 Å². The largest absolute Gasteiger partial charge is 0.467 e. The van der Waals surface area contributed by atoms with E-state index < -0.39 is 5.97 Å². The van der Waals surface area contributed by atoms with Gasteiger partial charge < -0.3 is 23.7 Å². The lowest BCUT2D eigenvalue weighted by Crippen LogP contribution is -2.19. The summed E-state index contributed by atoms with van der Waals surface area (Å²) in [5.74, 6) is -0.0423. The van der Waals surface area contributed by atoms with Gasteiger partial charge in [-0.25, -0.2) is 4.79 Å². The molecule has 0 N–H and O–H groups in total. The lowest BCUT2D eigenvalue weighted by atomic mass is 10.00. The Balaban J connectivity index is 2.48. The summed E-state index contributed by atoms with van der Waals surface area (Å²) in [4.78, 5) is 25.4. The molecule has 0 radical (unpaired) electrons. The summed E-state index contributed by atoms with van der Waals surface area (Å²) in [5, 5.41) is 0. The maximum absolute atomic E-state index is 12.9. The first kappa shape index (κ1) is 22.6. The molecule has 0 amide bonds. The number of benzene rings is 1. The van der Waals surface area contributed by atoms with E-state index in [1.165, 1.54) is 20.3 Å². The molecule has 0 spiro atoms. The standard InChI is InChI=1S/C22H28O7/c1-16-9-7-5-4-6-8-10-18(23)11-17-12-19(27-14-25-2)13-20(28-15-26-3)21(17)22(24)29-16/h5,7-8,10,12-13,16H,4,6,9,11,14-15H2,1-3H3/b7-5+,10-8+. The van der Waals surface area contributed by atoms with Gasteiger partial charge in [0.2, 0.25) is 0 Å². The van der Waals surface area contributed by atoms with Crippen LogP contribution in [0.1, 0.15) is 42.1 Å². The normalized spacial score (nSPS) is 20.2. The maximum Gasteiger partial charge on any atom is 0.342 e. The van der Waals surface area contributed by atoms with Gasteiger partial charge in [-0.2, -0.15) is 0 Å². The van der Waals surface area contributed by atoms with Gasteiger partial charge in [0, 0.05) is 33.1 Å². The highest BCUT2D eigenvalue weighted by Gasteiger charge is 2.24. The van der Waals surface area contributed by atoms with Crippen molar-refractivity contribution in [3.63, 3.8) is 0 Å². The zero-order chi connectivity index (χ0) is 21.1. The minimum absolute atomic E-state index is 0.0126. The zero-order valence-electron chi connectivity index (χ0n) is 17.1. The van der Waals surface area contributed by atoms with E-state index in [9.17, 15) is 9.59 Å². The van der Waals surface area contributed by atoms with E-state index in [1.807, 2.05) is 25.2 Å². The second kappa shape index (κ2) is 12.0. The predicted molar refractivity (Wildman–Crippen MR) is 107 cm³/mol. The van der Waals surface area contributed by atoms with Gasteiger partial charge in [0.1, 0.15) is 23.2 Å². The molecule has 158 valence electrons. The molecule has 0 saturated carbocycles. The van der Waals surface area contributed by atoms with E-state index in [0.717, 1.165) is 12.8 Å². The zero-order valence-corrected chi connectivity index (χ0v) is 17.1. The average molecular weight is 404 g/mol. The quantitative estimate of drug-likeness (QED) is 0.407. The highest BCUT2D eigenvalue weighted by molar-refractivity contribution is 5.98. The summed E-state index contributed by atoms with van der Waals surface area (Å²) in [7, 11) is 2.98. The number of rotatable bonds is 6. The van der Waals surface area contributed by atoms with Crippen molar-refractivity contribution < 1.29 is 33.3 Å². The van der Waals surface area contributed by atoms with Crippen molar-refractivity contribution in [2.24, 2.45) is 0 Å². The van der Waals surface area contributed by atoms with Crippen LogP contribution in [0.5, 0.6) is 11.5 Å². The van der Waals surface area contributed by atoms with Crippen molar-refractivity contribution in [2.75, 3.05) is 27.8 Å². The predicted octanol–water partition coefficient (Wildman–Crippen LogP) is 3.61. The van der Waals surface area contributed by atoms with E-state index >= 15 is 0 Å². The Morgan fingerprint density at radius 1 is 1.00 bits per heavy atom. The molecule has 0 saturated heterocycles. The van der Waals surface area contributed by atoms with Crippen LogP contribution in [0.2, 0.25) is 0 Å². The highest BCUT2D eigenvalue weighted by Crippen LogP contribution is 2.31. The van der Waals surface area contributed by atoms with Gasteiger partial charge in [-0.3, -0.25) is 4.79 Å². The Morgan fingerprint density at radius 2 is 1.72 bits per heavy atom. The second-order valence-corrected chi connectivity index (χ2v) is 6.60. The molecule has 1 aliphatic heterocycles. The molecular formula is C22H28O7. The Bertz CT molecular complexity index is 752. The van der Waals surface area contributed by atoms with Crippen LogP contribution in [0.15, 0.2) is 36.4 Å². The fraction of sp³-hybridized carbons (Fsp3) is 0.455. The molecule has 0 fully saturated rings. The SMILES string of the molecule is COCOc1cc2c(c(OCOC)c1)C(=O)OC(C)C/C=C/CC/C=C/C(=O)C2. The summed E-state index contributed by atoms with van der Waals surface area (Å²) < 4.78 is 26.6. The number of cyclic esters (lactones) is 1. The molecule has 7 nitrogen and oxygen atoms in total. The van der Waals surface area contributed by atoms with E-state index in [4.69, 9.17) is 23.7 Å². The number of fused-ring (bicyclic) bond motifs is 1. The monoisotopic (exact) mass is 404 g/mol. The van der Waals surface area contributed by atoms with Gasteiger partial charge in [0.15, 0.2) is 19.4 Å². The van der Waals surface area contributed by atoms with Gasteiger partial charge in [-0.05, 0) is 37.5 Å². The average Bonchev–Trinajstić information content (AvgIpc) is 2.69. The maximum atomic E-state index is 12.9. The summed E-state index contributed by atoms with van der Waals surface area (Å²) in [6.45, 7) is 1.77.